The molecule has 1 saturated heterocycles. The molecule has 0 radical (unpaired) electrons. The molecule has 9 heteroatoms. The summed E-state index contributed by atoms with van der Waals surface area (Å²) in [6.45, 7) is 6.64. The van der Waals surface area contributed by atoms with Crippen molar-refractivity contribution in [1.29, 1.82) is 0 Å². The van der Waals surface area contributed by atoms with Gasteiger partial charge in [0.25, 0.3) is 5.91 Å². The fourth-order valence-electron chi connectivity index (χ4n) is 4.12. The predicted octanol–water partition coefficient (Wildman–Crippen LogP) is 4.23. The molecule has 7 nitrogen and oxygen atoms in total. The minimum Gasteiger partial charge on any atom is -0.482 e. The van der Waals surface area contributed by atoms with Crippen LogP contribution in [0.5, 0.6) is 11.5 Å². The molecule has 1 amide bonds. The van der Waals surface area contributed by atoms with Crippen molar-refractivity contribution in [3.8, 4) is 11.5 Å². The molecule has 5 rings (SSSR count). The Hall–Kier alpha value is -2.39. The van der Waals surface area contributed by atoms with Crippen LogP contribution in [-0.2, 0) is 9.53 Å². The Morgan fingerprint density at radius 2 is 1.94 bits per heavy atom. The predicted molar refractivity (Wildman–Crippen MR) is 130 cm³/mol. The summed E-state index contributed by atoms with van der Waals surface area (Å²) < 4.78 is 18.5. The number of thiazole rings is 1. The molecule has 0 aliphatic carbocycles. The first-order chi connectivity index (χ1) is 16.1. The standard InChI is InChI=1S/C24H26ClN3O4S/c1-16-22(32-20-6-3-2-5-19(20)31-16)23(29)28(10-4-9-27-11-13-30-14-12-27)24-26-18-8-7-17(25)15-21(18)33-24/h2-3,5-8,15-16,22H,4,9-14H2,1H3. The van der Waals surface area contributed by atoms with E-state index in [0.717, 1.165) is 49.5 Å². The van der Waals surface area contributed by atoms with Gasteiger partial charge in [0.15, 0.2) is 16.6 Å². The van der Waals surface area contributed by atoms with E-state index in [-0.39, 0.29) is 5.91 Å². The van der Waals surface area contributed by atoms with Gasteiger partial charge in [-0.15, -0.1) is 0 Å². The van der Waals surface area contributed by atoms with Crippen molar-refractivity contribution < 1.29 is 19.0 Å². The molecule has 0 N–H and O–H groups in total. The largest absolute Gasteiger partial charge is 0.482 e. The van der Waals surface area contributed by atoms with Crippen LogP contribution in [0.25, 0.3) is 10.2 Å². The van der Waals surface area contributed by atoms with E-state index < -0.39 is 12.2 Å². The highest BCUT2D eigenvalue weighted by molar-refractivity contribution is 7.22. The van der Waals surface area contributed by atoms with Crippen molar-refractivity contribution >= 4 is 44.2 Å². The summed E-state index contributed by atoms with van der Waals surface area (Å²) in [7, 11) is 0. The number of amides is 1. The molecular formula is C24H26ClN3O4S. The zero-order valence-corrected chi connectivity index (χ0v) is 20.0. The first-order valence-electron chi connectivity index (χ1n) is 11.2. The normalized spacial score (nSPS) is 20.7. The third kappa shape index (κ3) is 4.94. The number of morpholine rings is 1. The average molecular weight is 488 g/mol. The number of aromatic nitrogens is 1. The number of nitrogens with zero attached hydrogens (tertiary/aromatic N) is 3. The van der Waals surface area contributed by atoms with Crippen LogP contribution in [0, 0.1) is 0 Å². The SMILES string of the molecule is CC1Oc2ccccc2OC1C(=O)N(CCCN1CCOCC1)c1nc2ccc(Cl)cc2s1. The second kappa shape index (κ2) is 9.85. The number of rotatable bonds is 6. The molecule has 1 fully saturated rings. The molecule has 174 valence electrons. The number of carbonyl (C=O) groups excluding carboxylic acids is 1. The number of halogens is 1. The average Bonchev–Trinajstić information content (AvgIpc) is 3.24. The van der Waals surface area contributed by atoms with Crippen LogP contribution in [-0.4, -0.2) is 67.4 Å². The fraction of sp³-hybridized carbons (Fsp3) is 0.417. The van der Waals surface area contributed by atoms with E-state index in [1.807, 2.05) is 49.4 Å². The summed E-state index contributed by atoms with van der Waals surface area (Å²) in [5.41, 5.74) is 0.824. The van der Waals surface area contributed by atoms with E-state index in [2.05, 4.69) is 4.90 Å². The van der Waals surface area contributed by atoms with Crippen molar-refractivity contribution in [3.63, 3.8) is 0 Å². The Labute approximate surface area is 201 Å². The van der Waals surface area contributed by atoms with E-state index in [9.17, 15) is 4.79 Å². The summed E-state index contributed by atoms with van der Waals surface area (Å²) in [5, 5.41) is 1.30. The fourth-order valence-corrected chi connectivity index (χ4v) is 5.40. The van der Waals surface area contributed by atoms with Crippen LogP contribution >= 0.6 is 22.9 Å². The molecule has 33 heavy (non-hydrogen) atoms. The van der Waals surface area contributed by atoms with Gasteiger partial charge < -0.3 is 14.2 Å². The number of hydrogen-bond donors (Lipinski definition) is 0. The summed E-state index contributed by atoms with van der Waals surface area (Å²) in [5.74, 6) is 1.09. The Morgan fingerprint density at radius 1 is 1.18 bits per heavy atom. The van der Waals surface area contributed by atoms with Gasteiger partial charge in [-0.3, -0.25) is 14.6 Å². The van der Waals surface area contributed by atoms with E-state index in [1.165, 1.54) is 11.3 Å². The number of hydrogen-bond acceptors (Lipinski definition) is 7. The lowest BCUT2D eigenvalue weighted by molar-refractivity contribution is -0.130. The highest BCUT2D eigenvalue weighted by atomic mass is 35.5. The Balaban J connectivity index is 1.39. The maximum Gasteiger partial charge on any atom is 0.273 e. The van der Waals surface area contributed by atoms with Gasteiger partial charge in [-0.05, 0) is 43.7 Å². The molecule has 3 heterocycles. The number of anilines is 1. The topological polar surface area (TPSA) is 64.1 Å². The summed E-state index contributed by atoms with van der Waals surface area (Å²) >= 11 is 7.64. The number of carbonyl (C=O) groups is 1. The van der Waals surface area contributed by atoms with Crippen LogP contribution in [0.4, 0.5) is 5.13 Å². The van der Waals surface area contributed by atoms with Crippen molar-refractivity contribution in [3.05, 3.63) is 47.5 Å². The van der Waals surface area contributed by atoms with E-state index in [4.69, 9.17) is 30.8 Å². The Morgan fingerprint density at radius 3 is 2.73 bits per heavy atom. The minimum absolute atomic E-state index is 0.149. The molecule has 3 aromatic rings. The van der Waals surface area contributed by atoms with Gasteiger partial charge in [0.2, 0.25) is 6.10 Å². The molecule has 1 aromatic heterocycles. The molecule has 0 bridgehead atoms. The van der Waals surface area contributed by atoms with Gasteiger partial charge in [0.1, 0.15) is 6.10 Å². The van der Waals surface area contributed by atoms with Gasteiger partial charge in [0.05, 0.1) is 23.4 Å². The second-order valence-electron chi connectivity index (χ2n) is 8.21. The zero-order chi connectivity index (χ0) is 22.8. The third-order valence-electron chi connectivity index (χ3n) is 5.88. The lowest BCUT2D eigenvalue weighted by Crippen LogP contribution is -2.51. The Bertz CT molecular complexity index is 1130. The molecule has 2 aliphatic rings. The van der Waals surface area contributed by atoms with Gasteiger partial charge in [0, 0.05) is 31.2 Å². The van der Waals surface area contributed by atoms with Crippen LogP contribution in [0.1, 0.15) is 13.3 Å². The third-order valence-corrected chi connectivity index (χ3v) is 7.16. The molecule has 2 unspecified atom stereocenters. The molecule has 0 spiro atoms. The van der Waals surface area contributed by atoms with E-state index >= 15 is 0 Å². The number of para-hydroxylation sites is 2. The highest BCUT2D eigenvalue weighted by Crippen LogP contribution is 2.36. The smallest absolute Gasteiger partial charge is 0.273 e. The lowest BCUT2D eigenvalue weighted by Gasteiger charge is -2.34. The highest BCUT2D eigenvalue weighted by Gasteiger charge is 2.38. The first kappa shape index (κ1) is 22.4. The summed E-state index contributed by atoms with van der Waals surface area (Å²) in [4.78, 5) is 22.6. The van der Waals surface area contributed by atoms with Crippen molar-refractivity contribution in [2.24, 2.45) is 0 Å². The quantitative estimate of drug-likeness (QED) is 0.518. The molecule has 0 saturated carbocycles. The number of ether oxygens (including phenoxy) is 3. The maximum absolute atomic E-state index is 13.8. The number of fused-ring (bicyclic) bond motifs is 2. The minimum atomic E-state index is -0.751. The zero-order valence-electron chi connectivity index (χ0n) is 18.4. The summed E-state index contributed by atoms with van der Waals surface area (Å²) in [6.07, 6.45) is -0.349. The van der Waals surface area contributed by atoms with Crippen LogP contribution in [0.15, 0.2) is 42.5 Å². The van der Waals surface area contributed by atoms with Crippen molar-refractivity contribution in [2.45, 2.75) is 25.6 Å². The monoisotopic (exact) mass is 487 g/mol. The Kier molecular flexibility index (Phi) is 6.69. The van der Waals surface area contributed by atoms with E-state index in [1.54, 1.807) is 4.90 Å². The molecule has 2 atom stereocenters. The van der Waals surface area contributed by atoms with Crippen LogP contribution in [0.2, 0.25) is 5.02 Å². The molecule has 2 aliphatic heterocycles. The number of benzene rings is 2. The van der Waals surface area contributed by atoms with E-state index in [0.29, 0.717) is 28.2 Å². The van der Waals surface area contributed by atoms with Gasteiger partial charge in [-0.25, -0.2) is 4.98 Å². The molecular weight excluding hydrogens is 462 g/mol. The second-order valence-corrected chi connectivity index (χ2v) is 9.66. The van der Waals surface area contributed by atoms with Crippen LogP contribution < -0.4 is 14.4 Å². The van der Waals surface area contributed by atoms with Gasteiger partial charge in [-0.2, -0.15) is 0 Å². The van der Waals surface area contributed by atoms with Crippen molar-refractivity contribution in [2.75, 3.05) is 44.3 Å². The van der Waals surface area contributed by atoms with Crippen LogP contribution in [0.3, 0.4) is 0 Å². The molecule has 2 aromatic carbocycles. The summed E-state index contributed by atoms with van der Waals surface area (Å²) in [6, 6.07) is 13.0. The maximum atomic E-state index is 13.8. The van der Waals surface area contributed by atoms with Crippen molar-refractivity contribution in [1.82, 2.24) is 9.88 Å². The van der Waals surface area contributed by atoms with Gasteiger partial charge >= 0.3 is 0 Å². The van der Waals surface area contributed by atoms with Gasteiger partial charge in [-0.1, -0.05) is 35.1 Å². The first-order valence-corrected chi connectivity index (χ1v) is 12.4. The lowest BCUT2D eigenvalue weighted by atomic mass is 10.1.